The standard InChI is InChI=1S/C15H21N3O2/c1-10-8-18(4-5-20-10)9-11-6-13(12-2-3-12)17-14(7-11)15(16)19/h6-7,10,12H,2-5,8-9H2,1H3,(H2,16,19)/t10-/m1/s1. The average molecular weight is 275 g/mol. The molecule has 5 heteroatoms. The summed E-state index contributed by atoms with van der Waals surface area (Å²) in [6.45, 7) is 5.54. The molecule has 0 aromatic carbocycles. The van der Waals surface area contributed by atoms with Crippen LogP contribution in [0.2, 0.25) is 0 Å². The van der Waals surface area contributed by atoms with Crippen LogP contribution in [0.5, 0.6) is 0 Å². The van der Waals surface area contributed by atoms with Gasteiger partial charge >= 0.3 is 0 Å². The minimum Gasteiger partial charge on any atom is -0.376 e. The molecule has 1 aromatic heterocycles. The Morgan fingerprint density at radius 1 is 1.50 bits per heavy atom. The molecule has 1 saturated carbocycles. The predicted octanol–water partition coefficient (Wildman–Crippen LogP) is 1.28. The van der Waals surface area contributed by atoms with Crippen LogP contribution < -0.4 is 5.73 Å². The van der Waals surface area contributed by atoms with E-state index in [4.69, 9.17) is 10.5 Å². The van der Waals surface area contributed by atoms with E-state index >= 15 is 0 Å². The molecule has 1 aromatic rings. The highest BCUT2D eigenvalue weighted by Gasteiger charge is 2.26. The number of ether oxygens (including phenoxy) is 1. The lowest BCUT2D eigenvalue weighted by Crippen LogP contribution is -2.40. The van der Waals surface area contributed by atoms with Crippen LogP contribution in [0.1, 0.15) is 47.4 Å². The summed E-state index contributed by atoms with van der Waals surface area (Å²) in [4.78, 5) is 18.2. The fourth-order valence-electron chi connectivity index (χ4n) is 2.71. The Bertz CT molecular complexity index is 514. The van der Waals surface area contributed by atoms with Crippen molar-refractivity contribution in [1.29, 1.82) is 0 Å². The third-order valence-corrected chi connectivity index (χ3v) is 3.88. The molecule has 1 amide bonds. The van der Waals surface area contributed by atoms with Crippen LogP contribution >= 0.6 is 0 Å². The van der Waals surface area contributed by atoms with Gasteiger partial charge in [0, 0.05) is 31.2 Å². The number of carbonyl (C=O) groups excluding carboxylic acids is 1. The van der Waals surface area contributed by atoms with Crippen molar-refractivity contribution in [2.45, 2.75) is 38.3 Å². The van der Waals surface area contributed by atoms with Crippen molar-refractivity contribution in [2.75, 3.05) is 19.7 Å². The quantitative estimate of drug-likeness (QED) is 0.898. The van der Waals surface area contributed by atoms with Gasteiger partial charge in [-0.05, 0) is 37.5 Å². The molecular formula is C15H21N3O2. The Labute approximate surface area is 119 Å². The number of carbonyl (C=O) groups is 1. The highest BCUT2D eigenvalue weighted by atomic mass is 16.5. The average Bonchev–Trinajstić information content (AvgIpc) is 3.22. The summed E-state index contributed by atoms with van der Waals surface area (Å²) in [6.07, 6.45) is 2.61. The summed E-state index contributed by atoms with van der Waals surface area (Å²) in [5, 5.41) is 0. The SMILES string of the molecule is C[C@@H]1CN(Cc2cc(C(N)=O)nc(C3CC3)c2)CCO1. The van der Waals surface area contributed by atoms with Gasteiger partial charge in [0.25, 0.3) is 5.91 Å². The van der Waals surface area contributed by atoms with Gasteiger partial charge in [0.15, 0.2) is 0 Å². The number of rotatable bonds is 4. The van der Waals surface area contributed by atoms with Gasteiger partial charge < -0.3 is 10.5 Å². The molecule has 5 nitrogen and oxygen atoms in total. The van der Waals surface area contributed by atoms with Crippen LogP contribution in [0.25, 0.3) is 0 Å². The number of primary amides is 1. The first-order chi connectivity index (χ1) is 9.61. The largest absolute Gasteiger partial charge is 0.376 e. The summed E-state index contributed by atoms with van der Waals surface area (Å²) < 4.78 is 5.55. The molecule has 2 N–H and O–H groups in total. The van der Waals surface area contributed by atoms with Gasteiger partial charge in [-0.2, -0.15) is 0 Å². The van der Waals surface area contributed by atoms with Gasteiger partial charge in [-0.25, -0.2) is 4.98 Å². The third kappa shape index (κ3) is 3.16. The van der Waals surface area contributed by atoms with Crippen molar-refractivity contribution in [1.82, 2.24) is 9.88 Å². The zero-order valence-electron chi connectivity index (χ0n) is 11.8. The van der Waals surface area contributed by atoms with Gasteiger partial charge in [-0.15, -0.1) is 0 Å². The maximum atomic E-state index is 11.4. The van der Waals surface area contributed by atoms with Gasteiger partial charge in [0.1, 0.15) is 5.69 Å². The van der Waals surface area contributed by atoms with E-state index in [0.29, 0.717) is 11.6 Å². The molecule has 2 heterocycles. The fraction of sp³-hybridized carbons (Fsp3) is 0.600. The molecule has 0 radical (unpaired) electrons. The lowest BCUT2D eigenvalue weighted by molar-refractivity contribution is -0.0212. The second kappa shape index (κ2) is 5.50. The fourth-order valence-corrected chi connectivity index (χ4v) is 2.71. The molecule has 0 unspecified atom stereocenters. The second-order valence-electron chi connectivity index (χ2n) is 5.84. The molecule has 2 fully saturated rings. The zero-order valence-corrected chi connectivity index (χ0v) is 11.8. The van der Waals surface area contributed by atoms with Crippen LogP contribution in [0.15, 0.2) is 12.1 Å². The third-order valence-electron chi connectivity index (χ3n) is 3.88. The minimum atomic E-state index is -0.441. The van der Waals surface area contributed by atoms with Crippen molar-refractivity contribution in [3.63, 3.8) is 0 Å². The molecule has 2 aliphatic rings. The Morgan fingerprint density at radius 3 is 2.95 bits per heavy atom. The Morgan fingerprint density at radius 2 is 2.30 bits per heavy atom. The van der Waals surface area contributed by atoms with E-state index in [1.807, 2.05) is 6.07 Å². The number of hydrogen-bond donors (Lipinski definition) is 1. The molecule has 20 heavy (non-hydrogen) atoms. The number of pyridine rings is 1. The van der Waals surface area contributed by atoms with Gasteiger partial charge in [0.05, 0.1) is 12.7 Å². The molecule has 1 aliphatic heterocycles. The normalized spacial score (nSPS) is 23.8. The summed E-state index contributed by atoms with van der Waals surface area (Å²) in [6, 6.07) is 3.96. The Kier molecular flexibility index (Phi) is 3.72. The maximum absolute atomic E-state index is 11.4. The number of hydrogen-bond acceptors (Lipinski definition) is 4. The lowest BCUT2D eigenvalue weighted by atomic mass is 10.1. The molecule has 3 rings (SSSR count). The molecule has 0 bridgehead atoms. The number of aromatic nitrogens is 1. The smallest absolute Gasteiger partial charge is 0.267 e. The molecule has 1 atom stereocenters. The monoisotopic (exact) mass is 275 g/mol. The van der Waals surface area contributed by atoms with Crippen molar-refractivity contribution < 1.29 is 9.53 Å². The Hall–Kier alpha value is -1.46. The van der Waals surface area contributed by atoms with Crippen LogP contribution in [-0.4, -0.2) is 41.6 Å². The van der Waals surface area contributed by atoms with E-state index in [-0.39, 0.29) is 6.10 Å². The van der Waals surface area contributed by atoms with Crippen LogP contribution in [-0.2, 0) is 11.3 Å². The summed E-state index contributed by atoms with van der Waals surface area (Å²) in [5.74, 6) is 0.0840. The molecule has 0 spiro atoms. The second-order valence-corrected chi connectivity index (χ2v) is 5.84. The number of nitrogens with zero attached hydrogens (tertiary/aromatic N) is 2. The van der Waals surface area contributed by atoms with Crippen molar-refractivity contribution in [2.24, 2.45) is 5.73 Å². The van der Waals surface area contributed by atoms with E-state index in [2.05, 4.69) is 22.9 Å². The molecular weight excluding hydrogens is 254 g/mol. The number of nitrogens with two attached hydrogens (primary N) is 1. The van der Waals surface area contributed by atoms with E-state index in [0.717, 1.165) is 37.5 Å². The van der Waals surface area contributed by atoms with E-state index < -0.39 is 5.91 Å². The van der Waals surface area contributed by atoms with Gasteiger partial charge in [-0.1, -0.05) is 0 Å². The summed E-state index contributed by atoms with van der Waals surface area (Å²) in [7, 11) is 0. The van der Waals surface area contributed by atoms with Crippen LogP contribution in [0.3, 0.4) is 0 Å². The highest BCUT2D eigenvalue weighted by molar-refractivity contribution is 5.91. The molecule has 108 valence electrons. The van der Waals surface area contributed by atoms with Gasteiger partial charge in [0.2, 0.25) is 0 Å². The topological polar surface area (TPSA) is 68.5 Å². The van der Waals surface area contributed by atoms with Gasteiger partial charge in [-0.3, -0.25) is 9.69 Å². The van der Waals surface area contributed by atoms with Crippen molar-refractivity contribution in [3.05, 3.63) is 29.1 Å². The predicted molar refractivity (Wildman–Crippen MR) is 75.4 cm³/mol. The van der Waals surface area contributed by atoms with E-state index in [9.17, 15) is 4.79 Å². The molecule has 1 aliphatic carbocycles. The van der Waals surface area contributed by atoms with Crippen LogP contribution in [0, 0.1) is 0 Å². The Balaban J connectivity index is 1.78. The van der Waals surface area contributed by atoms with Crippen molar-refractivity contribution >= 4 is 5.91 Å². The van der Waals surface area contributed by atoms with Crippen LogP contribution in [0.4, 0.5) is 0 Å². The summed E-state index contributed by atoms with van der Waals surface area (Å²) >= 11 is 0. The number of morpholine rings is 1. The molecule has 1 saturated heterocycles. The first kappa shape index (κ1) is 13.5. The van der Waals surface area contributed by atoms with E-state index in [1.54, 1.807) is 0 Å². The minimum absolute atomic E-state index is 0.268. The first-order valence-electron chi connectivity index (χ1n) is 7.26. The first-order valence-corrected chi connectivity index (χ1v) is 7.26. The maximum Gasteiger partial charge on any atom is 0.267 e. The summed E-state index contributed by atoms with van der Waals surface area (Å²) in [5.41, 5.74) is 7.94. The number of amides is 1. The van der Waals surface area contributed by atoms with Crippen molar-refractivity contribution in [3.8, 4) is 0 Å². The van der Waals surface area contributed by atoms with E-state index in [1.165, 1.54) is 12.8 Å². The highest BCUT2D eigenvalue weighted by Crippen LogP contribution is 2.39. The zero-order chi connectivity index (χ0) is 14.1. The lowest BCUT2D eigenvalue weighted by Gasteiger charge is -2.31.